The summed E-state index contributed by atoms with van der Waals surface area (Å²) in [6, 6.07) is 9.64. The Labute approximate surface area is 54.2 Å². The van der Waals surface area contributed by atoms with E-state index in [4.69, 9.17) is 0 Å². The Morgan fingerprint density at radius 3 is 2.33 bits per heavy atom. The Bertz CT molecular complexity index is 191. The molecule has 0 heterocycles. The molecule has 0 saturated carbocycles. The van der Waals surface area contributed by atoms with Crippen molar-refractivity contribution in [1.82, 2.24) is 0 Å². The van der Waals surface area contributed by atoms with Crippen molar-refractivity contribution < 1.29 is 0 Å². The highest BCUT2D eigenvalue weighted by atomic mass is 15.1. The van der Waals surface area contributed by atoms with Crippen molar-refractivity contribution in [3.63, 3.8) is 0 Å². The highest BCUT2D eigenvalue weighted by Crippen LogP contribution is 2.08. The van der Waals surface area contributed by atoms with E-state index in [1.807, 2.05) is 30.3 Å². The van der Waals surface area contributed by atoms with Crippen molar-refractivity contribution in [1.29, 1.82) is 0 Å². The van der Waals surface area contributed by atoms with Crippen LogP contribution in [0.1, 0.15) is 0 Å². The lowest BCUT2D eigenvalue weighted by Crippen LogP contribution is -1.58. The van der Waals surface area contributed by atoms with Gasteiger partial charge in [0.25, 0.3) is 0 Å². The summed E-state index contributed by atoms with van der Waals surface area (Å²) in [5.41, 5.74) is 0.903. The Hall–Kier alpha value is -1.18. The molecule has 0 aromatic heterocycles. The molecular formula is C7H8N2. The van der Waals surface area contributed by atoms with E-state index < -0.39 is 0 Å². The highest BCUT2D eigenvalue weighted by molar-refractivity contribution is 5.34. The van der Waals surface area contributed by atoms with Gasteiger partial charge in [-0.3, -0.25) is 0 Å². The summed E-state index contributed by atoms with van der Waals surface area (Å²) in [5, 5.41) is 7.46. The number of rotatable bonds is 1. The van der Waals surface area contributed by atoms with Gasteiger partial charge >= 0.3 is 0 Å². The Kier molecular flexibility index (Phi) is 1.96. The minimum atomic E-state index is 0.903. The van der Waals surface area contributed by atoms with Crippen LogP contribution in [0.4, 0.5) is 5.69 Å². The molecule has 9 heavy (non-hydrogen) atoms. The van der Waals surface area contributed by atoms with Crippen molar-refractivity contribution >= 4 is 5.69 Å². The van der Waals surface area contributed by atoms with Crippen LogP contribution in [0.2, 0.25) is 0 Å². The van der Waals surface area contributed by atoms with E-state index in [9.17, 15) is 0 Å². The van der Waals surface area contributed by atoms with Gasteiger partial charge in [0.2, 0.25) is 0 Å². The van der Waals surface area contributed by atoms with Crippen molar-refractivity contribution in [2.45, 2.75) is 0 Å². The molecule has 0 spiro atoms. The summed E-state index contributed by atoms with van der Waals surface area (Å²) < 4.78 is 0. The van der Waals surface area contributed by atoms with Gasteiger partial charge in [-0.2, -0.15) is 10.2 Å². The smallest absolute Gasteiger partial charge is 0.0852 e. The predicted octanol–water partition coefficient (Wildman–Crippen LogP) is 2.40. The maximum atomic E-state index is 3.83. The molecule has 0 bridgehead atoms. The fraction of sp³-hybridized carbons (Fsp3) is 0.143. The number of nitrogens with zero attached hydrogens (tertiary/aromatic N) is 2. The van der Waals surface area contributed by atoms with Gasteiger partial charge < -0.3 is 0 Å². The predicted molar refractivity (Wildman–Crippen MR) is 36.9 cm³/mol. The second kappa shape index (κ2) is 2.97. The molecule has 1 aromatic carbocycles. The number of hydrogen-bond acceptors (Lipinski definition) is 2. The fourth-order valence-electron chi connectivity index (χ4n) is 0.610. The summed E-state index contributed by atoms with van der Waals surface area (Å²) in [7, 11) is 1.66. The molecule has 2 heteroatoms. The third kappa shape index (κ3) is 1.64. The number of hydrogen-bond donors (Lipinski definition) is 0. The standard InChI is InChI=1S/C7H8N2/c1-8-9-7-5-3-2-4-6-7/h2-6H,1H3. The van der Waals surface area contributed by atoms with Crippen LogP contribution in [0, 0.1) is 0 Å². The van der Waals surface area contributed by atoms with E-state index >= 15 is 0 Å². The van der Waals surface area contributed by atoms with Crippen molar-refractivity contribution in [3.8, 4) is 0 Å². The van der Waals surface area contributed by atoms with Gasteiger partial charge in [-0.05, 0) is 12.1 Å². The minimum absolute atomic E-state index is 0.903. The van der Waals surface area contributed by atoms with Crippen molar-refractivity contribution in [2.75, 3.05) is 7.05 Å². The first kappa shape index (κ1) is 5.95. The van der Waals surface area contributed by atoms with E-state index in [0.717, 1.165) is 5.69 Å². The fourth-order valence-corrected chi connectivity index (χ4v) is 0.610. The first-order valence-electron chi connectivity index (χ1n) is 2.78. The second-order valence-corrected chi connectivity index (χ2v) is 1.64. The van der Waals surface area contributed by atoms with E-state index in [1.54, 1.807) is 7.05 Å². The monoisotopic (exact) mass is 120 g/mol. The third-order valence-electron chi connectivity index (χ3n) is 0.972. The molecule has 0 radical (unpaired) electrons. The lowest BCUT2D eigenvalue weighted by atomic mass is 10.3. The van der Waals surface area contributed by atoms with Gasteiger partial charge in [0.05, 0.1) is 5.69 Å². The summed E-state index contributed by atoms with van der Waals surface area (Å²) in [6.07, 6.45) is 0. The van der Waals surface area contributed by atoms with Crippen LogP contribution < -0.4 is 0 Å². The van der Waals surface area contributed by atoms with E-state index in [-0.39, 0.29) is 0 Å². The molecular weight excluding hydrogens is 112 g/mol. The van der Waals surface area contributed by atoms with Gasteiger partial charge in [0, 0.05) is 7.05 Å². The average Bonchev–Trinajstić information content (AvgIpc) is 1.91. The summed E-state index contributed by atoms with van der Waals surface area (Å²) in [5.74, 6) is 0. The third-order valence-corrected chi connectivity index (χ3v) is 0.972. The van der Waals surface area contributed by atoms with Crippen LogP contribution in [-0.2, 0) is 0 Å². The largest absolute Gasteiger partial charge is 0.192 e. The van der Waals surface area contributed by atoms with Crippen LogP contribution >= 0.6 is 0 Å². The molecule has 46 valence electrons. The molecule has 0 fully saturated rings. The first-order valence-corrected chi connectivity index (χ1v) is 2.78. The van der Waals surface area contributed by atoms with E-state index in [2.05, 4.69) is 10.2 Å². The average molecular weight is 120 g/mol. The Morgan fingerprint density at radius 1 is 1.11 bits per heavy atom. The Balaban J connectivity index is 2.85. The van der Waals surface area contributed by atoms with Crippen LogP contribution in [0.3, 0.4) is 0 Å². The Morgan fingerprint density at radius 2 is 1.78 bits per heavy atom. The van der Waals surface area contributed by atoms with Gasteiger partial charge in [-0.15, -0.1) is 0 Å². The molecule has 0 atom stereocenters. The van der Waals surface area contributed by atoms with Crippen LogP contribution in [0.15, 0.2) is 40.6 Å². The zero-order valence-electron chi connectivity index (χ0n) is 5.28. The normalized spacial score (nSPS) is 10.3. The van der Waals surface area contributed by atoms with Crippen LogP contribution in [0.5, 0.6) is 0 Å². The molecule has 0 aliphatic heterocycles. The van der Waals surface area contributed by atoms with Crippen molar-refractivity contribution in [2.24, 2.45) is 10.2 Å². The zero-order chi connectivity index (χ0) is 6.53. The quantitative estimate of drug-likeness (QED) is 0.508. The topological polar surface area (TPSA) is 24.7 Å². The molecule has 0 saturated heterocycles. The first-order chi connectivity index (χ1) is 4.43. The molecule has 0 amide bonds. The molecule has 0 aliphatic carbocycles. The van der Waals surface area contributed by atoms with Gasteiger partial charge in [-0.1, -0.05) is 18.2 Å². The molecule has 0 N–H and O–H groups in total. The SMILES string of the molecule is CN=Nc1ccccc1. The lowest BCUT2D eigenvalue weighted by Gasteiger charge is -1.85. The van der Waals surface area contributed by atoms with Gasteiger partial charge in [-0.25, -0.2) is 0 Å². The molecule has 0 unspecified atom stereocenters. The summed E-state index contributed by atoms with van der Waals surface area (Å²) >= 11 is 0. The number of azo groups is 1. The van der Waals surface area contributed by atoms with Gasteiger partial charge in [0.15, 0.2) is 0 Å². The molecule has 0 aliphatic rings. The van der Waals surface area contributed by atoms with Gasteiger partial charge in [0.1, 0.15) is 0 Å². The van der Waals surface area contributed by atoms with Crippen LogP contribution in [0.25, 0.3) is 0 Å². The van der Waals surface area contributed by atoms with Crippen molar-refractivity contribution in [3.05, 3.63) is 30.3 Å². The highest BCUT2D eigenvalue weighted by Gasteiger charge is 1.80. The second-order valence-electron chi connectivity index (χ2n) is 1.64. The molecule has 2 nitrogen and oxygen atoms in total. The summed E-state index contributed by atoms with van der Waals surface area (Å²) in [4.78, 5) is 0. The summed E-state index contributed by atoms with van der Waals surface area (Å²) in [6.45, 7) is 0. The van der Waals surface area contributed by atoms with E-state index in [1.165, 1.54) is 0 Å². The maximum absolute atomic E-state index is 3.83. The van der Waals surface area contributed by atoms with Crippen LogP contribution in [-0.4, -0.2) is 7.05 Å². The molecule has 1 aromatic rings. The lowest BCUT2D eigenvalue weighted by molar-refractivity contribution is 1.17. The maximum Gasteiger partial charge on any atom is 0.0852 e. The zero-order valence-corrected chi connectivity index (χ0v) is 5.28. The molecule has 1 rings (SSSR count). The van der Waals surface area contributed by atoms with E-state index in [0.29, 0.717) is 0 Å². The minimum Gasteiger partial charge on any atom is -0.192 e. The number of benzene rings is 1.